The van der Waals surface area contributed by atoms with Gasteiger partial charge in [-0.05, 0) is 31.2 Å². The number of hydrogen-bond donors (Lipinski definition) is 2. The fraction of sp³-hybridized carbons (Fsp3) is 0.467. The minimum atomic E-state index is -0.122. The predicted octanol–water partition coefficient (Wildman–Crippen LogP) is -0.373. The normalized spacial score (nSPS) is 11.6. The number of nitrogens with one attached hydrogen (secondary N) is 2. The number of carbonyl (C=O) groups is 2. The van der Waals surface area contributed by atoms with Crippen molar-refractivity contribution >= 4 is 17.5 Å². The molecule has 2 N–H and O–H groups in total. The van der Waals surface area contributed by atoms with Crippen LogP contribution in [-0.4, -0.2) is 57.6 Å². The summed E-state index contributed by atoms with van der Waals surface area (Å²) < 4.78 is 5.34. The van der Waals surface area contributed by atoms with E-state index in [1.165, 1.54) is 4.90 Å². The van der Waals surface area contributed by atoms with Crippen LogP contribution in [0, 0.1) is 0 Å². The standard InChI is InChI=1S/C15H23N3O3/c1-5-21-13-8-6-12(7-9-13)16-14(19)10-18(4)11-15(20)17(2)3/h6-9H,5,10-11H2,1-4H3,(H,16,19)/p+1. The highest BCUT2D eigenvalue weighted by atomic mass is 16.5. The van der Waals surface area contributed by atoms with Crippen molar-refractivity contribution in [2.75, 3.05) is 46.2 Å². The number of anilines is 1. The Labute approximate surface area is 125 Å². The lowest BCUT2D eigenvalue weighted by Gasteiger charge is -2.16. The zero-order valence-electron chi connectivity index (χ0n) is 13.1. The Morgan fingerprint density at radius 1 is 1.19 bits per heavy atom. The molecule has 0 heterocycles. The van der Waals surface area contributed by atoms with Crippen molar-refractivity contribution in [3.8, 4) is 5.75 Å². The highest BCUT2D eigenvalue weighted by molar-refractivity contribution is 5.91. The van der Waals surface area contributed by atoms with Crippen molar-refractivity contribution in [1.82, 2.24) is 4.90 Å². The molecule has 0 spiro atoms. The molecule has 1 aromatic carbocycles. The van der Waals surface area contributed by atoms with Gasteiger partial charge in [-0.2, -0.15) is 0 Å². The molecular weight excluding hydrogens is 270 g/mol. The van der Waals surface area contributed by atoms with Crippen LogP contribution in [0.4, 0.5) is 5.69 Å². The maximum atomic E-state index is 11.9. The van der Waals surface area contributed by atoms with E-state index in [-0.39, 0.29) is 18.4 Å². The monoisotopic (exact) mass is 294 g/mol. The molecule has 0 bridgehead atoms. The third-order valence-corrected chi connectivity index (χ3v) is 2.86. The predicted molar refractivity (Wildman–Crippen MR) is 81.6 cm³/mol. The summed E-state index contributed by atoms with van der Waals surface area (Å²) in [6, 6.07) is 7.21. The van der Waals surface area contributed by atoms with Gasteiger partial charge in [0.15, 0.2) is 13.1 Å². The van der Waals surface area contributed by atoms with Crippen LogP contribution < -0.4 is 15.0 Å². The molecule has 21 heavy (non-hydrogen) atoms. The Kier molecular flexibility index (Phi) is 6.68. The second kappa shape index (κ2) is 8.26. The molecule has 0 fully saturated rings. The average molecular weight is 294 g/mol. The maximum Gasteiger partial charge on any atom is 0.279 e. The molecule has 116 valence electrons. The van der Waals surface area contributed by atoms with Gasteiger partial charge in [0, 0.05) is 19.8 Å². The highest BCUT2D eigenvalue weighted by Crippen LogP contribution is 2.15. The summed E-state index contributed by atoms with van der Waals surface area (Å²) in [5.41, 5.74) is 0.718. The summed E-state index contributed by atoms with van der Waals surface area (Å²) in [7, 11) is 5.23. The van der Waals surface area contributed by atoms with Crippen molar-refractivity contribution in [2.24, 2.45) is 0 Å². The van der Waals surface area contributed by atoms with Crippen LogP contribution in [-0.2, 0) is 9.59 Å². The first kappa shape index (κ1) is 17.0. The largest absolute Gasteiger partial charge is 0.494 e. The van der Waals surface area contributed by atoms with E-state index >= 15 is 0 Å². The van der Waals surface area contributed by atoms with Gasteiger partial charge in [-0.25, -0.2) is 0 Å². The van der Waals surface area contributed by atoms with E-state index in [4.69, 9.17) is 4.74 Å². The summed E-state index contributed by atoms with van der Waals surface area (Å²) in [5, 5.41) is 2.80. The van der Waals surface area contributed by atoms with Crippen LogP contribution in [0.15, 0.2) is 24.3 Å². The molecule has 6 nitrogen and oxygen atoms in total. The fourth-order valence-corrected chi connectivity index (χ4v) is 1.76. The molecule has 0 aliphatic heterocycles. The third kappa shape index (κ3) is 6.27. The number of nitrogens with zero attached hydrogens (tertiary/aromatic N) is 1. The van der Waals surface area contributed by atoms with Crippen LogP contribution in [0.5, 0.6) is 5.75 Å². The van der Waals surface area contributed by atoms with Gasteiger partial charge in [0.25, 0.3) is 11.8 Å². The first-order valence-electron chi connectivity index (χ1n) is 6.96. The second-order valence-corrected chi connectivity index (χ2v) is 5.10. The summed E-state index contributed by atoms with van der Waals surface area (Å²) in [4.78, 5) is 25.8. The molecule has 1 rings (SSSR count). The van der Waals surface area contributed by atoms with Gasteiger partial charge in [0.1, 0.15) is 5.75 Å². The number of rotatable bonds is 7. The van der Waals surface area contributed by atoms with E-state index in [1.54, 1.807) is 26.2 Å². The first-order chi connectivity index (χ1) is 9.92. The van der Waals surface area contributed by atoms with Crippen molar-refractivity contribution in [3.63, 3.8) is 0 Å². The van der Waals surface area contributed by atoms with E-state index in [2.05, 4.69) is 5.32 Å². The zero-order chi connectivity index (χ0) is 15.8. The second-order valence-electron chi connectivity index (χ2n) is 5.10. The third-order valence-electron chi connectivity index (χ3n) is 2.86. The molecule has 1 atom stereocenters. The molecule has 0 saturated carbocycles. The summed E-state index contributed by atoms with van der Waals surface area (Å²) in [6.45, 7) is 3.07. The molecular formula is C15H24N3O3+. The Morgan fingerprint density at radius 2 is 1.81 bits per heavy atom. The number of quaternary nitrogens is 1. The molecule has 1 unspecified atom stereocenters. The average Bonchev–Trinajstić information content (AvgIpc) is 2.40. The number of ether oxygens (including phenoxy) is 1. The van der Waals surface area contributed by atoms with E-state index < -0.39 is 0 Å². The van der Waals surface area contributed by atoms with Crippen LogP contribution in [0.25, 0.3) is 0 Å². The Hall–Kier alpha value is -2.08. The lowest BCUT2D eigenvalue weighted by Crippen LogP contribution is -3.11. The van der Waals surface area contributed by atoms with Crippen LogP contribution >= 0.6 is 0 Å². The Bertz CT molecular complexity index is 472. The van der Waals surface area contributed by atoms with Crippen LogP contribution in [0.2, 0.25) is 0 Å². The van der Waals surface area contributed by atoms with Crippen LogP contribution in [0.3, 0.4) is 0 Å². The van der Waals surface area contributed by atoms with E-state index in [9.17, 15) is 9.59 Å². The smallest absolute Gasteiger partial charge is 0.279 e. The van der Waals surface area contributed by atoms with Gasteiger partial charge >= 0.3 is 0 Å². The lowest BCUT2D eigenvalue weighted by atomic mass is 10.3. The zero-order valence-corrected chi connectivity index (χ0v) is 13.1. The molecule has 0 radical (unpaired) electrons. The van der Waals surface area contributed by atoms with Gasteiger partial charge in [-0.15, -0.1) is 0 Å². The van der Waals surface area contributed by atoms with E-state index in [1.807, 2.05) is 26.1 Å². The van der Waals surface area contributed by atoms with Crippen molar-refractivity contribution in [1.29, 1.82) is 0 Å². The lowest BCUT2D eigenvalue weighted by molar-refractivity contribution is -0.862. The summed E-state index contributed by atoms with van der Waals surface area (Å²) in [6.07, 6.45) is 0. The molecule has 1 aromatic rings. The van der Waals surface area contributed by atoms with Gasteiger partial charge in [-0.3, -0.25) is 9.59 Å². The Balaban J connectivity index is 2.44. The number of benzene rings is 1. The van der Waals surface area contributed by atoms with Crippen molar-refractivity contribution in [2.45, 2.75) is 6.92 Å². The fourth-order valence-electron chi connectivity index (χ4n) is 1.76. The minimum absolute atomic E-state index is 0.00127. The molecule has 0 aromatic heterocycles. The van der Waals surface area contributed by atoms with Gasteiger partial charge in [-0.1, -0.05) is 0 Å². The Morgan fingerprint density at radius 3 is 2.33 bits per heavy atom. The maximum absolute atomic E-state index is 11.9. The SMILES string of the molecule is CCOc1ccc(NC(=O)C[NH+](C)CC(=O)N(C)C)cc1. The van der Waals surface area contributed by atoms with Crippen molar-refractivity contribution in [3.05, 3.63) is 24.3 Å². The van der Waals surface area contributed by atoms with Gasteiger partial charge in [0.2, 0.25) is 0 Å². The molecule has 0 aliphatic carbocycles. The van der Waals surface area contributed by atoms with E-state index in [0.717, 1.165) is 16.3 Å². The number of amides is 2. The van der Waals surface area contributed by atoms with Crippen molar-refractivity contribution < 1.29 is 19.2 Å². The summed E-state index contributed by atoms with van der Waals surface area (Å²) in [5.74, 6) is 0.652. The van der Waals surface area contributed by atoms with Gasteiger partial charge in [0.05, 0.1) is 13.7 Å². The minimum Gasteiger partial charge on any atom is -0.494 e. The molecule has 2 amide bonds. The summed E-state index contributed by atoms with van der Waals surface area (Å²) >= 11 is 0. The first-order valence-corrected chi connectivity index (χ1v) is 6.96. The topological polar surface area (TPSA) is 63.1 Å². The quantitative estimate of drug-likeness (QED) is 0.721. The number of likely N-dealkylation sites (N-methyl/N-ethyl adjacent to an activating group) is 2. The van der Waals surface area contributed by atoms with Crippen LogP contribution in [0.1, 0.15) is 6.92 Å². The molecule has 0 saturated heterocycles. The number of hydrogen-bond acceptors (Lipinski definition) is 3. The van der Waals surface area contributed by atoms with E-state index in [0.29, 0.717) is 13.2 Å². The highest BCUT2D eigenvalue weighted by Gasteiger charge is 2.15. The number of carbonyl (C=O) groups excluding carboxylic acids is 2. The molecule has 0 aliphatic rings. The molecule has 6 heteroatoms. The van der Waals surface area contributed by atoms with Gasteiger partial charge < -0.3 is 19.9 Å².